The first-order chi connectivity index (χ1) is 9.95. The predicted octanol–water partition coefficient (Wildman–Crippen LogP) is 3.86. The highest BCUT2D eigenvalue weighted by atomic mass is 16.3. The summed E-state index contributed by atoms with van der Waals surface area (Å²) in [6, 6.07) is 8.72. The van der Waals surface area contributed by atoms with Crippen molar-refractivity contribution in [1.29, 1.82) is 0 Å². The Balaban J connectivity index is 1.90. The molecule has 0 amide bonds. The molecule has 0 spiro atoms. The van der Waals surface area contributed by atoms with Crippen molar-refractivity contribution in [3.05, 3.63) is 35.4 Å². The van der Waals surface area contributed by atoms with Gasteiger partial charge in [0.1, 0.15) is 0 Å². The Hall–Kier alpha value is -0.860. The lowest BCUT2D eigenvalue weighted by molar-refractivity contribution is 0.0214. The first-order valence-electron chi connectivity index (χ1n) is 8.38. The molecule has 2 rings (SSSR count). The second-order valence-electron chi connectivity index (χ2n) is 7.33. The van der Waals surface area contributed by atoms with Crippen molar-refractivity contribution < 1.29 is 5.11 Å². The van der Waals surface area contributed by atoms with E-state index in [9.17, 15) is 5.11 Å². The standard InChI is InChI=1S/C19H31NO/c1-14(2)17-8-9-19(21)18(11-17)13-20(4)12-16-7-5-6-15(3)10-16/h5-7,10,14,17-19,21H,8-9,11-13H2,1-4H3. The minimum Gasteiger partial charge on any atom is -0.393 e. The summed E-state index contributed by atoms with van der Waals surface area (Å²) in [6.07, 6.45) is 3.24. The van der Waals surface area contributed by atoms with Crippen molar-refractivity contribution >= 4 is 0 Å². The number of hydrogen-bond donors (Lipinski definition) is 1. The summed E-state index contributed by atoms with van der Waals surface area (Å²) < 4.78 is 0. The second-order valence-corrected chi connectivity index (χ2v) is 7.33. The van der Waals surface area contributed by atoms with Crippen LogP contribution >= 0.6 is 0 Å². The van der Waals surface area contributed by atoms with Crippen molar-refractivity contribution in [2.45, 2.75) is 52.7 Å². The van der Waals surface area contributed by atoms with Crippen LogP contribution in [0.1, 0.15) is 44.2 Å². The minimum atomic E-state index is -0.111. The SMILES string of the molecule is Cc1cccc(CN(C)CC2CC(C(C)C)CCC2O)c1. The molecule has 0 aliphatic heterocycles. The first-order valence-corrected chi connectivity index (χ1v) is 8.38. The lowest BCUT2D eigenvalue weighted by Crippen LogP contribution is -2.38. The van der Waals surface area contributed by atoms with E-state index in [-0.39, 0.29) is 6.10 Å². The monoisotopic (exact) mass is 289 g/mol. The largest absolute Gasteiger partial charge is 0.393 e. The van der Waals surface area contributed by atoms with Gasteiger partial charge in [-0.1, -0.05) is 43.7 Å². The molecule has 2 heteroatoms. The van der Waals surface area contributed by atoms with Gasteiger partial charge in [-0.05, 0) is 56.6 Å². The topological polar surface area (TPSA) is 23.5 Å². The highest BCUT2D eigenvalue weighted by molar-refractivity contribution is 5.22. The normalized spacial score (nSPS) is 26.5. The van der Waals surface area contributed by atoms with Gasteiger partial charge in [0.25, 0.3) is 0 Å². The zero-order valence-corrected chi connectivity index (χ0v) is 14.0. The molecule has 1 aromatic rings. The second kappa shape index (κ2) is 7.42. The molecule has 0 heterocycles. The van der Waals surface area contributed by atoms with E-state index < -0.39 is 0 Å². The van der Waals surface area contributed by atoms with E-state index in [0.29, 0.717) is 5.92 Å². The summed E-state index contributed by atoms with van der Waals surface area (Å²) in [4.78, 5) is 2.37. The molecule has 3 atom stereocenters. The summed E-state index contributed by atoms with van der Waals surface area (Å²) in [5.74, 6) is 1.95. The Bertz CT molecular complexity index is 443. The Morgan fingerprint density at radius 1 is 1.29 bits per heavy atom. The predicted molar refractivity (Wildman–Crippen MR) is 89.2 cm³/mol. The number of hydrogen-bond acceptors (Lipinski definition) is 2. The van der Waals surface area contributed by atoms with Crippen molar-refractivity contribution in [3.63, 3.8) is 0 Å². The summed E-state index contributed by atoms with van der Waals surface area (Å²) in [5.41, 5.74) is 2.68. The van der Waals surface area contributed by atoms with Gasteiger partial charge in [-0.3, -0.25) is 0 Å². The Morgan fingerprint density at radius 3 is 2.71 bits per heavy atom. The number of aliphatic hydroxyl groups excluding tert-OH is 1. The van der Waals surface area contributed by atoms with E-state index in [0.717, 1.165) is 31.3 Å². The van der Waals surface area contributed by atoms with Crippen LogP contribution in [0.25, 0.3) is 0 Å². The van der Waals surface area contributed by atoms with Crippen LogP contribution in [0.15, 0.2) is 24.3 Å². The molecular formula is C19H31NO. The maximum absolute atomic E-state index is 10.3. The molecule has 1 aliphatic carbocycles. The van der Waals surface area contributed by atoms with Gasteiger partial charge in [0.15, 0.2) is 0 Å². The van der Waals surface area contributed by atoms with Gasteiger partial charge in [-0.25, -0.2) is 0 Å². The molecule has 1 N–H and O–H groups in total. The van der Waals surface area contributed by atoms with Crippen LogP contribution < -0.4 is 0 Å². The summed E-state index contributed by atoms with van der Waals surface area (Å²) >= 11 is 0. The maximum Gasteiger partial charge on any atom is 0.0580 e. The summed E-state index contributed by atoms with van der Waals surface area (Å²) in [7, 11) is 2.17. The van der Waals surface area contributed by atoms with Crippen LogP contribution in [0.5, 0.6) is 0 Å². The van der Waals surface area contributed by atoms with E-state index in [1.807, 2.05) is 0 Å². The van der Waals surface area contributed by atoms with Gasteiger partial charge in [0, 0.05) is 13.1 Å². The van der Waals surface area contributed by atoms with Crippen LogP contribution in [-0.4, -0.2) is 29.7 Å². The van der Waals surface area contributed by atoms with E-state index in [4.69, 9.17) is 0 Å². The Morgan fingerprint density at radius 2 is 2.05 bits per heavy atom. The highest BCUT2D eigenvalue weighted by Crippen LogP contribution is 2.34. The third-order valence-electron chi connectivity index (χ3n) is 5.01. The van der Waals surface area contributed by atoms with Crippen LogP contribution in [0.2, 0.25) is 0 Å². The molecule has 3 unspecified atom stereocenters. The molecule has 1 saturated carbocycles. The Labute approximate surface area is 130 Å². The van der Waals surface area contributed by atoms with Gasteiger partial charge in [0.2, 0.25) is 0 Å². The molecule has 0 aromatic heterocycles. The molecule has 118 valence electrons. The average molecular weight is 289 g/mol. The van der Waals surface area contributed by atoms with Gasteiger partial charge in [-0.2, -0.15) is 0 Å². The van der Waals surface area contributed by atoms with Gasteiger partial charge >= 0.3 is 0 Å². The smallest absolute Gasteiger partial charge is 0.0580 e. The fourth-order valence-electron chi connectivity index (χ4n) is 3.67. The summed E-state index contributed by atoms with van der Waals surface area (Å²) in [6.45, 7) is 8.74. The van der Waals surface area contributed by atoms with Gasteiger partial charge < -0.3 is 10.0 Å². The molecule has 1 aliphatic rings. The van der Waals surface area contributed by atoms with Crippen LogP contribution in [0.4, 0.5) is 0 Å². The molecule has 21 heavy (non-hydrogen) atoms. The number of aliphatic hydroxyl groups is 1. The molecule has 0 radical (unpaired) electrons. The van der Waals surface area contributed by atoms with E-state index in [2.05, 4.69) is 57.0 Å². The molecule has 2 nitrogen and oxygen atoms in total. The van der Waals surface area contributed by atoms with E-state index in [1.54, 1.807) is 0 Å². The first kappa shape index (κ1) is 16.5. The average Bonchev–Trinajstić information content (AvgIpc) is 2.41. The van der Waals surface area contributed by atoms with Gasteiger partial charge in [0.05, 0.1) is 6.10 Å². The molecule has 1 fully saturated rings. The van der Waals surface area contributed by atoms with Crippen molar-refractivity contribution in [2.24, 2.45) is 17.8 Å². The van der Waals surface area contributed by atoms with Crippen LogP contribution in [0, 0.1) is 24.7 Å². The van der Waals surface area contributed by atoms with Crippen molar-refractivity contribution in [2.75, 3.05) is 13.6 Å². The lowest BCUT2D eigenvalue weighted by Gasteiger charge is -2.37. The van der Waals surface area contributed by atoms with Crippen LogP contribution in [-0.2, 0) is 6.54 Å². The minimum absolute atomic E-state index is 0.111. The molecule has 1 aromatic carbocycles. The maximum atomic E-state index is 10.3. The zero-order valence-electron chi connectivity index (χ0n) is 14.0. The van der Waals surface area contributed by atoms with Crippen molar-refractivity contribution in [1.82, 2.24) is 4.90 Å². The number of rotatable bonds is 5. The summed E-state index contributed by atoms with van der Waals surface area (Å²) in [5, 5.41) is 10.3. The zero-order chi connectivity index (χ0) is 15.4. The van der Waals surface area contributed by atoms with Crippen LogP contribution in [0.3, 0.4) is 0 Å². The van der Waals surface area contributed by atoms with E-state index >= 15 is 0 Å². The third kappa shape index (κ3) is 4.82. The lowest BCUT2D eigenvalue weighted by atomic mass is 9.74. The number of nitrogens with zero attached hydrogens (tertiary/aromatic N) is 1. The number of benzene rings is 1. The molecular weight excluding hydrogens is 258 g/mol. The number of aryl methyl sites for hydroxylation is 1. The van der Waals surface area contributed by atoms with Gasteiger partial charge in [-0.15, -0.1) is 0 Å². The fraction of sp³-hybridized carbons (Fsp3) is 0.684. The quantitative estimate of drug-likeness (QED) is 0.889. The van der Waals surface area contributed by atoms with Crippen molar-refractivity contribution in [3.8, 4) is 0 Å². The van der Waals surface area contributed by atoms with E-state index in [1.165, 1.54) is 24.0 Å². The highest BCUT2D eigenvalue weighted by Gasteiger charge is 2.31. The fourth-order valence-corrected chi connectivity index (χ4v) is 3.67. The molecule has 0 saturated heterocycles. The third-order valence-corrected chi connectivity index (χ3v) is 5.01. The Kier molecular flexibility index (Phi) is 5.83. The molecule has 0 bridgehead atoms.